The first-order chi connectivity index (χ1) is 10.5. The molecule has 2 N–H and O–H groups in total. The third-order valence-corrected chi connectivity index (χ3v) is 2.73. The Hall–Kier alpha value is -2.70. The van der Waals surface area contributed by atoms with E-state index >= 15 is 0 Å². The summed E-state index contributed by atoms with van der Waals surface area (Å²) in [5.41, 5.74) is 1.00. The van der Waals surface area contributed by atoms with Gasteiger partial charge in [-0.05, 0) is 19.4 Å². The lowest BCUT2D eigenvalue weighted by Gasteiger charge is -2.03. The molecule has 7 heteroatoms. The van der Waals surface area contributed by atoms with Crippen molar-refractivity contribution >= 4 is 11.8 Å². The fraction of sp³-hybridized carbons (Fsp3) is 0.333. The summed E-state index contributed by atoms with van der Waals surface area (Å²) in [7, 11) is 0. The second kappa shape index (κ2) is 7.35. The largest absolute Gasteiger partial charge is 0.352 e. The van der Waals surface area contributed by atoms with Crippen LogP contribution in [0, 0.1) is 0 Å². The summed E-state index contributed by atoms with van der Waals surface area (Å²) in [4.78, 5) is 27.4. The van der Waals surface area contributed by atoms with Crippen LogP contribution >= 0.6 is 0 Å². The van der Waals surface area contributed by atoms with Crippen molar-refractivity contribution in [3.63, 3.8) is 0 Å². The van der Waals surface area contributed by atoms with Crippen LogP contribution in [0.2, 0.25) is 0 Å². The molecular weight excluding hydrogens is 284 g/mol. The smallest absolute Gasteiger partial charge is 0.315 e. The molecule has 2 amide bonds. The summed E-state index contributed by atoms with van der Waals surface area (Å²) < 4.78 is 4.84. The van der Waals surface area contributed by atoms with E-state index in [4.69, 9.17) is 4.52 Å². The van der Waals surface area contributed by atoms with E-state index in [0.717, 1.165) is 5.56 Å². The summed E-state index contributed by atoms with van der Waals surface area (Å²) in [5.74, 6) is -0.641. The van der Waals surface area contributed by atoms with Crippen molar-refractivity contribution in [2.75, 3.05) is 0 Å². The van der Waals surface area contributed by atoms with Crippen molar-refractivity contribution in [2.24, 2.45) is 0 Å². The van der Waals surface area contributed by atoms with E-state index in [1.54, 1.807) is 0 Å². The van der Waals surface area contributed by atoms with Gasteiger partial charge in [0.05, 0.1) is 6.42 Å². The van der Waals surface area contributed by atoms with E-state index in [-0.39, 0.29) is 30.1 Å². The summed E-state index contributed by atoms with van der Waals surface area (Å²) >= 11 is 0. The van der Waals surface area contributed by atoms with Crippen LogP contribution in [0.25, 0.3) is 0 Å². The van der Waals surface area contributed by atoms with E-state index < -0.39 is 5.91 Å². The van der Waals surface area contributed by atoms with Crippen molar-refractivity contribution in [3.8, 4) is 0 Å². The first kappa shape index (κ1) is 15.7. The van der Waals surface area contributed by atoms with Gasteiger partial charge in [-0.25, -0.2) is 0 Å². The van der Waals surface area contributed by atoms with Crippen molar-refractivity contribution in [1.82, 2.24) is 20.8 Å². The van der Waals surface area contributed by atoms with Crippen LogP contribution in [-0.2, 0) is 17.8 Å². The highest BCUT2D eigenvalue weighted by Gasteiger charge is 2.17. The number of benzene rings is 1. The van der Waals surface area contributed by atoms with E-state index in [9.17, 15) is 9.59 Å². The lowest BCUT2D eigenvalue weighted by molar-refractivity contribution is -0.120. The Bertz CT molecular complexity index is 637. The molecule has 22 heavy (non-hydrogen) atoms. The predicted molar refractivity (Wildman–Crippen MR) is 78.9 cm³/mol. The number of carbonyl (C=O) groups is 2. The Morgan fingerprint density at radius 3 is 2.64 bits per heavy atom. The third kappa shape index (κ3) is 4.69. The molecular formula is C15H18N4O3. The number of hydrogen-bond acceptors (Lipinski definition) is 5. The molecule has 0 fully saturated rings. The molecule has 0 aliphatic heterocycles. The number of nitrogens with one attached hydrogen (secondary N) is 2. The maximum absolute atomic E-state index is 11.8. The highest BCUT2D eigenvalue weighted by Crippen LogP contribution is 2.01. The Morgan fingerprint density at radius 1 is 1.23 bits per heavy atom. The van der Waals surface area contributed by atoms with Gasteiger partial charge in [0.2, 0.25) is 5.91 Å². The quantitative estimate of drug-likeness (QED) is 0.832. The number of amides is 2. The van der Waals surface area contributed by atoms with Crippen molar-refractivity contribution in [1.29, 1.82) is 0 Å². The van der Waals surface area contributed by atoms with Crippen LogP contribution < -0.4 is 10.6 Å². The predicted octanol–water partition coefficient (Wildman–Crippen LogP) is 1.07. The number of rotatable bonds is 6. The zero-order valence-electron chi connectivity index (χ0n) is 12.5. The van der Waals surface area contributed by atoms with Gasteiger partial charge in [-0.15, -0.1) is 0 Å². The topological polar surface area (TPSA) is 97.1 Å². The molecule has 0 saturated heterocycles. The Morgan fingerprint density at radius 2 is 1.95 bits per heavy atom. The van der Waals surface area contributed by atoms with E-state index in [1.165, 1.54) is 0 Å². The zero-order chi connectivity index (χ0) is 15.9. The van der Waals surface area contributed by atoms with Crippen molar-refractivity contribution in [3.05, 3.63) is 47.6 Å². The molecule has 0 saturated carbocycles. The van der Waals surface area contributed by atoms with Crippen LogP contribution in [-0.4, -0.2) is 28.0 Å². The maximum Gasteiger partial charge on any atom is 0.315 e. The second-order valence-corrected chi connectivity index (χ2v) is 5.08. The fourth-order valence-corrected chi connectivity index (χ4v) is 1.74. The standard InChI is InChI=1S/C15H18N4O3/c1-10(2)17-14(21)15-18-12(19-22-15)8-13(20)16-9-11-6-4-3-5-7-11/h3-7,10H,8-9H2,1-2H3,(H,16,20)(H,17,21). The molecule has 1 heterocycles. The molecule has 0 bridgehead atoms. The molecule has 0 atom stereocenters. The van der Waals surface area contributed by atoms with Gasteiger partial charge < -0.3 is 15.2 Å². The third-order valence-electron chi connectivity index (χ3n) is 2.73. The molecule has 7 nitrogen and oxygen atoms in total. The first-order valence-electron chi connectivity index (χ1n) is 6.98. The average Bonchev–Trinajstić information content (AvgIpc) is 2.94. The van der Waals surface area contributed by atoms with E-state index in [1.807, 2.05) is 44.2 Å². The van der Waals surface area contributed by atoms with Gasteiger partial charge >= 0.3 is 11.8 Å². The summed E-state index contributed by atoms with van der Waals surface area (Å²) in [6, 6.07) is 9.53. The number of carbonyl (C=O) groups excluding carboxylic acids is 2. The minimum Gasteiger partial charge on any atom is -0.352 e. The van der Waals surface area contributed by atoms with E-state index in [0.29, 0.717) is 6.54 Å². The summed E-state index contributed by atoms with van der Waals surface area (Å²) in [6.07, 6.45) is -0.0364. The molecule has 0 aliphatic rings. The molecule has 0 radical (unpaired) electrons. The van der Waals surface area contributed by atoms with Crippen LogP contribution in [0.4, 0.5) is 0 Å². The number of aromatic nitrogens is 2. The summed E-state index contributed by atoms with van der Waals surface area (Å²) in [6.45, 7) is 4.08. The fourth-order valence-electron chi connectivity index (χ4n) is 1.74. The van der Waals surface area contributed by atoms with Gasteiger partial charge in [0.25, 0.3) is 0 Å². The zero-order valence-corrected chi connectivity index (χ0v) is 12.5. The molecule has 1 aromatic carbocycles. The molecule has 116 valence electrons. The van der Waals surface area contributed by atoms with Gasteiger partial charge in [0.15, 0.2) is 5.82 Å². The molecule has 0 aliphatic carbocycles. The lowest BCUT2D eigenvalue weighted by Crippen LogP contribution is -2.30. The summed E-state index contributed by atoms with van der Waals surface area (Å²) in [5, 5.41) is 9.03. The minimum atomic E-state index is -0.446. The SMILES string of the molecule is CC(C)NC(=O)c1nc(CC(=O)NCc2ccccc2)no1. The highest BCUT2D eigenvalue weighted by molar-refractivity contribution is 5.89. The van der Waals surface area contributed by atoms with E-state index in [2.05, 4.69) is 20.8 Å². The number of nitrogens with zero attached hydrogens (tertiary/aromatic N) is 2. The van der Waals surface area contributed by atoms with Gasteiger partial charge in [-0.3, -0.25) is 9.59 Å². The van der Waals surface area contributed by atoms with Crippen LogP contribution in [0.3, 0.4) is 0 Å². The maximum atomic E-state index is 11.8. The second-order valence-electron chi connectivity index (χ2n) is 5.08. The normalized spacial score (nSPS) is 10.5. The van der Waals surface area contributed by atoms with Gasteiger partial charge in [-0.1, -0.05) is 35.5 Å². The Labute approximate surface area is 128 Å². The average molecular weight is 302 g/mol. The molecule has 1 aromatic heterocycles. The molecule has 0 spiro atoms. The van der Waals surface area contributed by atoms with Crippen molar-refractivity contribution in [2.45, 2.75) is 32.9 Å². The van der Waals surface area contributed by atoms with Gasteiger partial charge in [0.1, 0.15) is 0 Å². The lowest BCUT2D eigenvalue weighted by atomic mass is 10.2. The number of hydrogen-bond donors (Lipinski definition) is 2. The molecule has 0 unspecified atom stereocenters. The van der Waals surface area contributed by atoms with Crippen LogP contribution in [0.15, 0.2) is 34.9 Å². The van der Waals surface area contributed by atoms with Gasteiger partial charge in [0, 0.05) is 12.6 Å². The molecule has 2 aromatic rings. The van der Waals surface area contributed by atoms with Crippen LogP contribution in [0.1, 0.15) is 35.9 Å². The van der Waals surface area contributed by atoms with Crippen molar-refractivity contribution < 1.29 is 14.1 Å². The highest BCUT2D eigenvalue weighted by atomic mass is 16.5. The minimum absolute atomic E-state index is 0.0305. The molecule has 2 rings (SSSR count). The Balaban J connectivity index is 1.84. The first-order valence-corrected chi connectivity index (χ1v) is 6.98. The van der Waals surface area contributed by atoms with Crippen LogP contribution in [0.5, 0.6) is 0 Å². The Kier molecular flexibility index (Phi) is 5.24. The monoisotopic (exact) mass is 302 g/mol. The van der Waals surface area contributed by atoms with Gasteiger partial charge in [-0.2, -0.15) is 4.98 Å².